The molecule has 282 valence electrons. The van der Waals surface area contributed by atoms with E-state index in [1.54, 1.807) is 0 Å². The van der Waals surface area contributed by atoms with Crippen molar-refractivity contribution in [1.82, 2.24) is 10.2 Å². The van der Waals surface area contributed by atoms with Crippen LogP contribution in [0.25, 0.3) is 0 Å². The third kappa shape index (κ3) is 42.4. The average molecular weight is 671 g/mol. The van der Waals surface area contributed by atoms with Crippen LogP contribution >= 0.6 is 0 Å². The quantitative estimate of drug-likeness (QED) is 0.0537. The second-order valence-corrected chi connectivity index (χ2v) is 13.9. The molecule has 0 aliphatic heterocycles. The van der Waals surface area contributed by atoms with Gasteiger partial charge in [0.25, 0.3) is 0 Å². The highest BCUT2D eigenvalue weighted by atomic mass is 16.1. The van der Waals surface area contributed by atoms with Crippen LogP contribution in [0.4, 0.5) is 0 Å². The summed E-state index contributed by atoms with van der Waals surface area (Å²) in [5, 5.41) is 3.41. The molecule has 0 saturated carbocycles. The van der Waals surface area contributed by atoms with Gasteiger partial charge in [-0.15, -0.1) is 0 Å². The van der Waals surface area contributed by atoms with Gasteiger partial charge in [0.2, 0.25) is 5.91 Å². The minimum absolute atomic E-state index is 0.256. The summed E-state index contributed by atoms with van der Waals surface area (Å²) in [6.07, 6.45) is 53.5. The van der Waals surface area contributed by atoms with Gasteiger partial charge < -0.3 is 10.2 Å². The summed E-state index contributed by atoms with van der Waals surface area (Å²) >= 11 is 0. The van der Waals surface area contributed by atoms with Crippen LogP contribution in [0.3, 0.4) is 0 Å². The molecule has 48 heavy (non-hydrogen) atoms. The maximum Gasteiger partial charge on any atom is 0.220 e. The largest absolute Gasteiger partial charge is 0.353 e. The van der Waals surface area contributed by atoms with E-state index in [0.29, 0.717) is 12.5 Å². The standard InChI is InChI=1S/C43H80N2O.C2H6/c1-5-7-9-11-13-15-17-19-21-23-25-27-29-31-33-35-38-42(44-43(46)40-37-41-45(3)4)39-36-34-32-30-28-26-24-22-20-18-16-14-12-10-8-6-2;1-2/h13-16,19-22,42H,5-12,17-18,23-41H2,1-4H3,(H,44,46);1-2H3/b15-13-,16-14-,21-19-,22-20-;. The molecule has 0 heterocycles. The molecule has 1 amide bonds. The van der Waals surface area contributed by atoms with E-state index in [1.165, 1.54) is 141 Å². The van der Waals surface area contributed by atoms with Crippen LogP contribution < -0.4 is 5.32 Å². The summed E-state index contributed by atoms with van der Waals surface area (Å²) < 4.78 is 0. The fraction of sp³-hybridized carbons (Fsp3) is 0.800. The van der Waals surface area contributed by atoms with Gasteiger partial charge >= 0.3 is 0 Å². The Kier molecular flexibility index (Phi) is 43.9. The van der Waals surface area contributed by atoms with Crippen molar-refractivity contribution in [2.75, 3.05) is 20.6 Å². The maximum atomic E-state index is 12.6. The Morgan fingerprint density at radius 2 is 0.854 bits per heavy atom. The number of allylic oxidation sites excluding steroid dienone is 8. The first-order chi connectivity index (χ1) is 23.6. The van der Waals surface area contributed by atoms with Crippen LogP contribution in [-0.4, -0.2) is 37.5 Å². The van der Waals surface area contributed by atoms with Crippen molar-refractivity contribution in [1.29, 1.82) is 0 Å². The Morgan fingerprint density at radius 3 is 1.23 bits per heavy atom. The minimum Gasteiger partial charge on any atom is -0.353 e. The van der Waals surface area contributed by atoms with Crippen LogP contribution in [0, 0.1) is 0 Å². The second-order valence-electron chi connectivity index (χ2n) is 13.9. The molecule has 0 fully saturated rings. The van der Waals surface area contributed by atoms with E-state index in [1.807, 2.05) is 13.8 Å². The molecule has 0 aromatic rings. The van der Waals surface area contributed by atoms with Crippen molar-refractivity contribution < 1.29 is 4.79 Å². The highest BCUT2D eigenvalue weighted by Crippen LogP contribution is 2.16. The summed E-state index contributed by atoms with van der Waals surface area (Å²) in [4.78, 5) is 14.8. The van der Waals surface area contributed by atoms with Crippen LogP contribution in [0.1, 0.15) is 207 Å². The molecule has 0 radical (unpaired) electrons. The van der Waals surface area contributed by atoms with Crippen molar-refractivity contribution >= 4 is 5.91 Å². The van der Waals surface area contributed by atoms with E-state index < -0.39 is 0 Å². The molecular weight excluding hydrogens is 585 g/mol. The molecule has 0 aliphatic carbocycles. The van der Waals surface area contributed by atoms with Gasteiger partial charge in [0.1, 0.15) is 0 Å². The van der Waals surface area contributed by atoms with Gasteiger partial charge in [-0.1, -0.05) is 166 Å². The first-order valence-electron chi connectivity index (χ1n) is 21.1. The SMILES string of the molecule is CC.CCCCC/C=C\C/C=C\CCCCCCCCC(CCCCCCCC/C=C\C/C=C\CCCCC)NC(=O)CCCN(C)C. The molecule has 0 atom stereocenters. The number of unbranched alkanes of at least 4 members (excludes halogenated alkanes) is 18. The first-order valence-corrected chi connectivity index (χ1v) is 21.1. The number of nitrogens with one attached hydrogen (secondary N) is 1. The molecule has 3 nitrogen and oxygen atoms in total. The summed E-state index contributed by atoms with van der Waals surface area (Å²) in [5.74, 6) is 0.256. The normalized spacial score (nSPS) is 12.0. The van der Waals surface area contributed by atoms with Crippen LogP contribution in [-0.2, 0) is 4.79 Å². The van der Waals surface area contributed by atoms with E-state index >= 15 is 0 Å². The Labute approximate surface area is 303 Å². The van der Waals surface area contributed by atoms with Crippen molar-refractivity contribution in [3.63, 3.8) is 0 Å². The molecule has 0 bridgehead atoms. The lowest BCUT2D eigenvalue weighted by atomic mass is 9.99. The van der Waals surface area contributed by atoms with E-state index in [9.17, 15) is 4.79 Å². The molecule has 0 spiro atoms. The first kappa shape index (κ1) is 48.5. The summed E-state index contributed by atoms with van der Waals surface area (Å²) in [6.45, 7) is 9.51. The second kappa shape index (κ2) is 43.4. The minimum atomic E-state index is 0.256. The number of carbonyl (C=O) groups excluding carboxylic acids is 1. The topological polar surface area (TPSA) is 32.3 Å². The smallest absolute Gasteiger partial charge is 0.220 e. The Balaban J connectivity index is 0. The third-order valence-corrected chi connectivity index (χ3v) is 8.88. The van der Waals surface area contributed by atoms with Crippen LogP contribution in [0.5, 0.6) is 0 Å². The lowest BCUT2D eigenvalue weighted by Crippen LogP contribution is -2.35. The van der Waals surface area contributed by atoms with E-state index in [2.05, 4.69) is 86.8 Å². The molecule has 0 saturated heterocycles. The number of hydrogen-bond donors (Lipinski definition) is 1. The van der Waals surface area contributed by atoms with Gasteiger partial charge in [0, 0.05) is 12.5 Å². The van der Waals surface area contributed by atoms with Crippen molar-refractivity contribution in [2.24, 2.45) is 0 Å². The molecular formula is C45H86N2O. The molecule has 0 unspecified atom stereocenters. The number of hydrogen-bond acceptors (Lipinski definition) is 2. The van der Waals surface area contributed by atoms with E-state index in [0.717, 1.165) is 38.6 Å². The molecule has 0 rings (SSSR count). The summed E-state index contributed by atoms with van der Waals surface area (Å²) in [7, 11) is 4.16. The number of carbonyl (C=O) groups is 1. The lowest BCUT2D eigenvalue weighted by Gasteiger charge is -2.19. The van der Waals surface area contributed by atoms with Crippen LogP contribution in [0.2, 0.25) is 0 Å². The Hall–Kier alpha value is -1.61. The summed E-state index contributed by atoms with van der Waals surface area (Å²) in [5.41, 5.74) is 0. The fourth-order valence-corrected chi connectivity index (χ4v) is 5.90. The van der Waals surface area contributed by atoms with Gasteiger partial charge in [0.15, 0.2) is 0 Å². The Morgan fingerprint density at radius 1 is 0.500 bits per heavy atom. The zero-order valence-electron chi connectivity index (χ0n) is 33.6. The molecule has 1 N–H and O–H groups in total. The van der Waals surface area contributed by atoms with Gasteiger partial charge in [-0.2, -0.15) is 0 Å². The van der Waals surface area contributed by atoms with Crippen molar-refractivity contribution in [2.45, 2.75) is 214 Å². The van der Waals surface area contributed by atoms with E-state index in [4.69, 9.17) is 0 Å². The fourth-order valence-electron chi connectivity index (χ4n) is 5.90. The number of amides is 1. The third-order valence-electron chi connectivity index (χ3n) is 8.88. The van der Waals surface area contributed by atoms with Gasteiger partial charge in [-0.3, -0.25) is 4.79 Å². The van der Waals surface area contributed by atoms with Gasteiger partial charge in [-0.25, -0.2) is 0 Å². The van der Waals surface area contributed by atoms with E-state index in [-0.39, 0.29) is 5.91 Å². The molecule has 0 aromatic heterocycles. The zero-order valence-corrected chi connectivity index (χ0v) is 33.6. The molecule has 3 heteroatoms. The monoisotopic (exact) mass is 671 g/mol. The lowest BCUT2D eigenvalue weighted by molar-refractivity contribution is -0.122. The Bertz CT molecular complexity index is 687. The predicted octanol–water partition coefficient (Wildman–Crippen LogP) is 14.2. The van der Waals surface area contributed by atoms with Crippen molar-refractivity contribution in [3.8, 4) is 0 Å². The number of rotatable bonds is 35. The number of nitrogens with zero attached hydrogens (tertiary/aromatic N) is 1. The summed E-state index contributed by atoms with van der Waals surface area (Å²) in [6, 6.07) is 0.364. The highest BCUT2D eigenvalue weighted by molar-refractivity contribution is 5.76. The van der Waals surface area contributed by atoms with Gasteiger partial charge in [0.05, 0.1) is 0 Å². The predicted molar refractivity (Wildman–Crippen MR) is 219 cm³/mol. The molecule has 0 aliphatic rings. The average Bonchev–Trinajstić information content (AvgIpc) is 3.08. The maximum absolute atomic E-state index is 12.6. The zero-order chi connectivity index (χ0) is 35.6. The van der Waals surface area contributed by atoms with Crippen LogP contribution in [0.15, 0.2) is 48.6 Å². The molecule has 0 aromatic carbocycles. The van der Waals surface area contributed by atoms with Crippen molar-refractivity contribution in [3.05, 3.63) is 48.6 Å². The highest BCUT2D eigenvalue weighted by Gasteiger charge is 2.12. The van der Waals surface area contributed by atoms with Gasteiger partial charge in [-0.05, 0) is 104 Å².